The van der Waals surface area contributed by atoms with Crippen molar-refractivity contribution in [1.82, 2.24) is 5.32 Å². The minimum Gasteiger partial charge on any atom is -0.473 e. The van der Waals surface area contributed by atoms with E-state index in [0.29, 0.717) is 22.0 Å². The van der Waals surface area contributed by atoms with E-state index in [4.69, 9.17) is 16.3 Å². The third kappa shape index (κ3) is 4.79. The second kappa shape index (κ2) is 7.47. The number of hydrogen-bond donors (Lipinski definition) is 2. The molecule has 2 aromatic carbocycles. The number of rotatable bonds is 5. The van der Waals surface area contributed by atoms with Gasteiger partial charge in [0.25, 0.3) is 0 Å². The highest BCUT2D eigenvalue weighted by molar-refractivity contribution is 6.30. The van der Waals surface area contributed by atoms with Crippen LogP contribution >= 0.6 is 11.6 Å². The lowest BCUT2D eigenvalue weighted by molar-refractivity contribution is 0.101. The van der Waals surface area contributed by atoms with Crippen LogP contribution in [0.2, 0.25) is 5.02 Å². The number of nitrogens with one attached hydrogen (secondary N) is 2. The molecule has 0 aliphatic carbocycles. The number of amides is 2. The lowest BCUT2D eigenvalue weighted by Crippen LogP contribution is -2.32. The van der Waals surface area contributed by atoms with Crippen molar-refractivity contribution >= 4 is 29.1 Å². The van der Waals surface area contributed by atoms with Gasteiger partial charge in [0, 0.05) is 16.3 Å². The van der Waals surface area contributed by atoms with E-state index in [1.807, 2.05) is 0 Å². The molecule has 0 fully saturated rings. The highest BCUT2D eigenvalue weighted by Gasteiger charge is 2.03. The zero-order valence-electron chi connectivity index (χ0n) is 11.9. The third-order valence-corrected chi connectivity index (χ3v) is 3.09. The van der Waals surface area contributed by atoms with Crippen molar-refractivity contribution in [2.45, 2.75) is 6.92 Å². The Balaban J connectivity index is 1.77. The van der Waals surface area contributed by atoms with Gasteiger partial charge in [-0.3, -0.25) is 4.79 Å². The van der Waals surface area contributed by atoms with E-state index in [9.17, 15) is 9.59 Å². The molecule has 0 bridgehead atoms. The van der Waals surface area contributed by atoms with E-state index in [0.717, 1.165) is 0 Å². The standard InChI is InChI=1S/C16H15ClN2O3/c1-11(20)12-2-6-14(7-3-12)19-16(21)18-10-22-15-8-4-13(17)5-9-15/h2-9H,10H2,1H3,(H2,18,19,21). The second-order valence-corrected chi connectivity index (χ2v) is 4.94. The number of ketones is 1. The third-order valence-electron chi connectivity index (χ3n) is 2.83. The molecular weight excluding hydrogens is 304 g/mol. The average molecular weight is 319 g/mol. The molecule has 0 spiro atoms. The first kappa shape index (κ1) is 15.9. The van der Waals surface area contributed by atoms with Gasteiger partial charge in [0.05, 0.1) is 0 Å². The first-order chi connectivity index (χ1) is 10.5. The Hall–Kier alpha value is -2.53. The van der Waals surface area contributed by atoms with E-state index < -0.39 is 6.03 Å². The van der Waals surface area contributed by atoms with Crippen LogP contribution in [0.25, 0.3) is 0 Å². The van der Waals surface area contributed by atoms with Crippen molar-refractivity contribution in [2.75, 3.05) is 12.0 Å². The van der Waals surface area contributed by atoms with E-state index in [2.05, 4.69) is 10.6 Å². The molecule has 5 nitrogen and oxygen atoms in total. The zero-order chi connectivity index (χ0) is 15.9. The summed E-state index contributed by atoms with van der Waals surface area (Å²) in [4.78, 5) is 22.8. The van der Waals surface area contributed by atoms with Gasteiger partial charge in [-0.1, -0.05) is 11.6 Å². The Bertz CT molecular complexity index is 654. The van der Waals surface area contributed by atoms with E-state index in [1.54, 1.807) is 48.5 Å². The summed E-state index contributed by atoms with van der Waals surface area (Å²) in [6, 6.07) is 13.1. The fourth-order valence-electron chi connectivity index (χ4n) is 1.68. The van der Waals surface area contributed by atoms with Crippen molar-refractivity contribution in [2.24, 2.45) is 0 Å². The van der Waals surface area contributed by atoms with Crippen LogP contribution in [0.3, 0.4) is 0 Å². The maximum absolute atomic E-state index is 11.7. The summed E-state index contributed by atoms with van der Waals surface area (Å²) in [6.45, 7) is 1.52. The second-order valence-electron chi connectivity index (χ2n) is 4.51. The van der Waals surface area contributed by atoms with Crippen molar-refractivity contribution in [1.29, 1.82) is 0 Å². The number of carbonyl (C=O) groups excluding carboxylic acids is 2. The van der Waals surface area contributed by atoms with Crippen LogP contribution in [0.4, 0.5) is 10.5 Å². The summed E-state index contributed by atoms with van der Waals surface area (Å²) in [6.07, 6.45) is 0. The van der Waals surface area contributed by atoms with Crippen molar-refractivity contribution in [3.8, 4) is 5.75 Å². The Labute approximate surface area is 133 Å². The Morgan fingerprint density at radius 1 is 1.05 bits per heavy atom. The predicted octanol–water partition coefficient (Wildman–Crippen LogP) is 3.70. The summed E-state index contributed by atoms with van der Waals surface area (Å²) >= 11 is 5.76. The smallest absolute Gasteiger partial charge is 0.321 e. The van der Waals surface area contributed by atoms with Crippen molar-refractivity contribution in [3.63, 3.8) is 0 Å². The van der Waals surface area contributed by atoms with Gasteiger partial charge < -0.3 is 15.4 Å². The average Bonchev–Trinajstić information content (AvgIpc) is 2.50. The molecule has 0 heterocycles. The number of anilines is 1. The SMILES string of the molecule is CC(=O)c1ccc(NC(=O)NCOc2ccc(Cl)cc2)cc1. The molecule has 0 unspecified atom stereocenters. The van der Waals surface area contributed by atoms with Gasteiger partial charge in [-0.15, -0.1) is 0 Å². The minimum atomic E-state index is -0.399. The molecule has 0 radical (unpaired) electrons. The highest BCUT2D eigenvalue weighted by Crippen LogP contribution is 2.15. The quantitative estimate of drug-likeness (QED) is 0.652. The number of urea groups is 1. The molecule has 0 saturated carbocycles. The number of Topliss-reactive ketones (excluding diaryl/α,β-unsaturated/α-hetero) is 1. The van der Waals surface area contributed by atoms with Crippen LogP contribution in [0.5, 0.6) is 5.75 Å². The number of hydrogen-bond acceptors (Lipinski definition) is 3. The molecule has 0 aromatic heterocycles. The Morgan fingerprint density at radius 2 is 1.68 bits per heavy atom. The Kier molecular flexibility index (Phi) is 5.38. The molecule has 0 aliphatic heterocycles. The molecule has 2 aromatic rings. The van der Waals surface area contributed by atoms with Crippen molar-refractivity contribution in [3.05, 3.63) is 59.1 Å². The van der Waals surface area contributed by atoms with Gasteiger partial charge in [-0.25, -0.2) is 4.79 Å². The lowest BCUT2D eigenvalue weighted by Gasteiger charge is -2.09. The monoisotopic (exact) mass is 318 g/mol. The fourth-order valence-corrected chi connectivity index (χ4v) is 1.81. The molecule has 2 rings (SSSR count). The molecule has 0 saturated heterocycles. The van der Waals surface area contributed by atoms with E-state index >= 15 is 0 Å². The molecule has 0 aliphatic rings. The van der Waals surface area contributed by atoms with Crippen LogP contribution in [-0.4, -0.2) is 18.5 Å². The highest BCUT2D eigenvalue weighted by atomic mass is 35.5. The first-order valence-corrected chi connectivity index (χ1v) is 6.96. The maximum Gasteiger partial charge on any atom is 0.321 e. The number of benzene rings is 2. The normalized spacial score (nSPS) is 9.91. The van der Waals surface area contributed by atoms with E-state index in [-0.39, 0.29) is 12.5 Å². The molecule has 114 valence electrons. The number of carbonyl (C=O) groups is 2. The number of halogens is 1. The van der Waals surface area contributed by atoms with Gasteiger partial charge in [0.15, 0.2) is 12.5 Å². The summed E-state index contributed by atoms with van der Waals surface area (Å²) < 4.78 is 5.34. The molecule has 6 heteroatoms. The molecule has 2 N–H and O–H groups in total. The maximum atomic E-state index is 11.7. The lowest BCUT2D eigenvalue weighted by atomic mass is 10.1. The van der Waals surface area contributed by atoms with Crippen LogP contribution in [0, 0.1) is 0 Å². The molecule has 22 heavy (non-hydrogen) atoms. The van der Waals surface area contributed by atoms with Gasteiger partial charge in [-0.05, 0) is 55.5 Å². The van der Waals surface area contributed by atoms with Crippen molar-refractivity contribution < 1.29 is 14.3 Å². The Morgan fingerprint density at radius 3 is 2.27 bits per heavy atom. The summed E-state index contributed by atoms with van der Waals surface area (Å²) in [7, 11) is 0. The van der Waals surface area contributed by atoms with Crippen LogP contribution in [0.15, 0.2) is 48.5 Å². The summed E-state index contributed by atoms with van der Waals surface area (Å²) in [5.74, 6) is 0.586. The summed E-state index contributed by atoms with van der Waals surface area (Å²) in [5, 5.41) is 5.82. The van der Waals surface area contributed by atoms with Gasteiger partial charge in [0.1, 0.15) is 5.75 Å². The topological polar surface area (TPSA) is 67.4 Å². The predicted molar refractivity (Wildman–Crippen MR) is 85.5 cm³/mol. The molecular formula is C16H15ClN2O3. The first-order valence-electron chi connectivity index (χ1n) is 6.59. The fraction of sp³-hybridized carbons (Fsp3) is 0.125. The van der Waals surface area contributed by atoms with E-state index in [1.165, 1.54) is 6.92 Å². The zero-order valence-corrected chi connectivity index (χ0v) is 12.7. The van der Waals surface area contributed by atoms with Crippen LogP contribution < -0.4 is 15.4 Å². The van der Waals surface area contributed by atoms with Gasteiger partial charge in [0.2, 0.25) is 0 Å². The molecule has 2 amide bonds. The van der Waals surface area contributed by atoms with Crippen LogP contribution in [-0.2, 0) is 0 Å². The number of ether oxygens (including phenoxy) is 1. The van der Waals surface area contributed by atoms with Gasteiger partial charge >= 0.3 is 6.03 Å². The largest absolute Gasteiger partial charge is 0.473 e. The van der Waals surface area contributed by atoms with Crippen LogP contribution in [0.1, 0.15) is 17.3 Å². The summed E-state index contributed by atoms with van der Waals surface area (Å²) in [5.41, 5.74) is 1.19. The minimum absolute atomic E-state index is 0.0210. The van der Waals surface area contributed by atoms with Gasteiger partial charge in [-0.2, -0.15) is 0 Å². The molecule has 0 atom stereocenters.